The average molecular weight is 341 g/mol. The molecule has 1 aliphatic heterocycles. The number of hydrogen-bond donors (Lipinski definition) is 1. The van der Waals surface area contributed by atoms with Gasteiger partial charge in [0.1, 0.15) is 0 Å². The summed E-state index contributed by atoms with van der Waals surface area (Å²) in [4.78, 5) is 37.6. The molecule has 1 amide bonds. The Morgan fingerprint density at radius 3 is 2.64 bits per heavy atom. The molecule has 0 spiro atoms. The van der Waals surface area contributed by atoms with Gasteiger partial charge in [-0.1, -0.05) is 18.2 Å². The molecule has 2 heterocycles. The number of rotatable bonds is 3. The zero-order valence-corrected chi connectivity index (χ0v) is 13.9. The molecule has 1 saturated heterocycles. The Balaban J connectivity index is 1.95. The van der Waals surface area contributed by atoms with Crippen molar-refractivity contribution in [2.45, 2.75) is 19.8 Å². The molecular weight excluding hydrogens is 322 g/mol. The minimum atomic E-state index is -0.920. The van der Waals surface area contributed by atoms with E-state index in [1.807, 2.05) is 30.3 Å². The van der Waals surface area contributed by atoms with Crippen molar-refractivity contribution in [3.05, 3.63) is 58.0 Å². The summed E-state index contributed by atoms with van der Waals surface area (Å²) in [6, 6.07) is 10.6. The highest BCUT2D eigenvalue weighted by molar-refractivity contribution is 5.92. The molecule has 0 unspecified atom stereocenters. The number of likely N-dealkylation sites (tertiary alicyclic amines) is 1. The minimum Gasteiger partial charge on any atom is -0.481 e. The third-order valence-electron chi connectivity index (χ3n) is 4.37. The van der Waals surface area contributed by atoms with Crippen LogP contribution < -0.4 is 5.43 Å². The quantitative estimate of drug-likeness (QED) is 0.913. The van der Waals surface area contributed by atoms with Crippen LogP contribution in [-0.2, 0) is 4.79 Å². The van der Waals surface area contributed by atoms with Gasteiger partial charge in [0.15, 0.2) is 5.69 Å². The van der Waals surface area contributed by atoms with Crippen molar-refractivity contribution in [1.29, 1.82) is 0 Å². The molecule has 3 rings (SSSR count). The molecule has 1 atom stereocenters. The molecule has 7 nitrogen and oxygen atoms in total. The molecule has 1 aromatic carbocycles. The van der Waals surface area contributed by atoms with E-state index in [4.69, 9.17) is 0 Å². The van der Waals surface area contributed by atoms with Crippen LogP contribution in [0.1, 0.15) is 29.0 Å². The van der Waals surface area contributed by atoms with Gasteiger partial charge in [-0.2, -0.15) is 5.10 Å². The monoisotopic (exact) mass is 341 g/mol. The third kappa shape index (κ3) is 3.45. The van der Waals surface area contributed by atoms with Crippen molar-refractivity contribution < 1.29 is 14.7 Å². The van der Waals surface area contributed by atoms with E-state index in [1.54, 1.807) is 11.6 Å². The van der Waals surface area contributed by atoms with Crippen molar-refractivity contribution in [3.63, 3.8) is 0 Å². The van der Waals surface area contributed by atoms with E-state index >= 15 is 0 Å². The number of carboxylic acid groups (broad SMARTS) is 1. The number of nitrogens with zero attached hydrogens (tertiary/aromatic N) is 3. The van der Waals surface area contributed by atoms with E-state index in [2.05, 4.69) is 5.10 Å². The van der Waals surface area contributed by atoms with Gasteiger partial charge in [0, 0.05) is 24.8 Å². The van der Waals surface area contributed by atoms with Crippen LogP contribution in [0, 0.1) is 12.8 Å². The normalized spacial score (nSPS) is 17.3. The molecule has 1 fully saturated rings. The summed E-state index contributed by atoms with van der Waals surface area (Å²) in [6.07, 6.45) is 1.14. The number of benzene rings is 1. The highest BCUT2D eigenvalue weighted by Crippen LogP contribution is 2.18. The fraction of sp³-hybridized carbons (Fsp3) is 0.333. The van der Waals surface area contributed by atoms with E-state index in [0.29, 0.717) is 25.1 Å². The molecule has 1 aromatic heterocycles. The fourth-order valence-corrected chi connectivity index (χ4v) is 3.04. The first-order valence-corrected chi connectivity index (χ1v) is 8.16. The number of aromatic nitrogens is 2. The number of para-hydroxylation sites is 1. The number of carbonyl (C=O) groups excluding carboxylic acids is 1. The number of hydrogen-bond acceptors (Lipinski definition) is 4. The van der Waals surface area contributed by atoms with Crippen molar-refractivity contribution >= 4 is 11.9 Å². The number of amides is 1. The van der Waals surface area contributed by atoms with Crippen LogP contribution in [0.5, 0.6) is 0 Å². The Morgan fingerprint density at radius 2 is 1.96 bits per heavy atom. The van der Waals surface area contributed by atoms with E-state index in [9.17, 15) is 19.5 Å². The maximum atomic E-state index is 12.7. The molecule has 0 aliphatic carbocycles. The molecule has 7 heteroatoms. The zero-order chi connectivity index (χ0) is 18.0. The molecule has 1 N–H and O–H groups in total. The number of carbonyl (C=O) groups is 2. The SMILES string of the molecule is Cc1cc(=O)c(C(=O)N2CCC[C@H](C(=O)O)C2)nn1-c1ccccc1. The van der Waals surface area contributed by atoms with Crippen LogP contribution in [-0.4, -0.2) is 44.8 Å². The van der Waals surface area contributed by atoms with Crippen molar-refractivity contribution in [2.75, 3.05) is 13.1 Å². The Hall–Kier alpha value is -2.96. The molecular formula is C18H19N3O4. The molecule has 0 radical (unpaired) electrons. The van der Waals surface area contributed by atoms with Crippen molar-refractivity contribution in [1.82, 2.24) is 14.7 Å². The van der Waals surface area contributed by atoms with Gasteiger partial charge >= 0.3 is 5.97 Å². The molecule has 25 heavy (non-hydrogen) atoms. The maximum Gasteiger partial charge on any atom is 0.308 e. The van der Waals surface area contributed by atoms with E-state index in [0.717, 1.165) is 5.69 Å². The number of aliphatic carboxylic acids is 1. The summed E-state index contributed by atoms with van der Waals surface area (Å²) in [5.74, 6) is -2.03. The van der Waals surface area contributed by atoms with Gasteiger partial charge in [0.05, 0.1) is 11.6 Å². The van der Waals surface area contributed by atoms with Crippen molar-refractivity contribution in [2.24, 2.45) is 5.92 Å². The number of aryl methyl sites for hydroxylation is 1. The number of carboxylic acids is 1. The van der Waals surface area contributed by atoms with Crippen LogP contribution in [0.25, 0.3) is 5.69 Å². The molecule has 2 aromatic rings. The standard InChI is InChI=1S/C18H19N3O4/c1-12-10-15(22)16(19-21(12)14-7-3-2-4-8-14)17(23)20-9-5-6-13(11-20)18(24)25/h2-4,7-8,10,13H,5-6,9,11H2,1H3,(H,24,25)/t13-/m0/s1. The largest absolute Gasteiger partial charge is 0.481 e. The lowest BCUT2D eigenvalue weighted by molar-refractivity contribution is -0.143. The Morgan fingerprint density at radius 1 is 1.24 bits per heavy atom. The lowest BCUT2D eigenvalue weighted by Gasteiger charge is -2.30. The predicted molar refractivity (Wildman–Crippen MR) is 90.8 cm³/mol. The minimum absolute atomic E-state index is 0.106. The Labute approximate surface area is 144 Å². The highest BCUT2D eigenvalue weighted by Gasteiger charge is 2.30. The predicted octanol–water partition coefficient (Wildman–Crippen LogP) is 1.48. The second-order valence-corrected chi connectivity index (χ2v) is 6.17. The first-order valence-electron chi connectivity index (χ1n) is 8.16. The van der Waals surface area contributed by atoms with Gasteiger partial charge < -0.3 is 10.0 Å². The zero-order valence-electron chi connectivity index (χ0n) is 13.9. The van der Waals surface area contributed by atoms with E-state index in [1.165, 1.54) is 11.0 Å². The summed E-state index contributed by atoms with van der Waals surface area (Å²) >= 11 is 0. The van der Waals surface area contributed by atoms with Crippen LogP contribution in [0.2, 0.25) is 0 Å². The van der Waals surface area contributed by atoms with Crippen LogP contribution >= 0.6 is 0 Å². The summed E-state index contributed by atoms with van der Waals surface area (Å²) in [5, 5.41) is 13.4. The van der Waals surface area contributed by atoms with Crippen LogP contribution in [0.3, 0.4) is 0 Å². The Kier molecular flexibility index (Phi) is 4.65. The van der Waals surface area contributed by atoms with E-state index < -0.39 is 23.2 Å². The third-order valence-corrected chi connectivity index (χ3v) is 4.37. The molecule has 0 saturated carbocycles. The summed E-state index contributed by atoms with van der Waals surface area (Å²) < 4.78 is 1.55. The summed E-state index contributed by atoms with van der Waals surface area (Å²) in [5.41, 5.74) is 0.735. The summed E-state index contributed by atoms with van der Waals surface area (Å²) in [6.45, 7) is 2.29. The second-order valence-electron chi connectivity index (χ2n) is 6.17. The van der Waals surface area contributed by atoms with Gasteiger partial charge in [-0.05, 0) is 31.9 Å². The lowest BCUT2D eigenvalue weighted by Crippen LogP contribution is -2.44. The molecule has 130 valence electrons. The smallest absolute Gasteiger partial charge is 0.308 e. The topological polar surface area (TPSA) is 92.5 Å². The van der Waals surface area contributed by atoms with Gasteiger partial charge in [-0.25, -0.2) is 4.68 Å². The second kappa shape index (κ2) is 6.88. The highest BCUT2D eigenvalue weighted by atomic mass is 16.4. The van der Waals surface area contributed by atoms with E-state index in [-0.39, 0.29) is 12.2 Å². The molecule has 1 aliphatic rings. The van der Waals surface area contributed by atoms with Crippen LogP contribution in [0.15, 0.2) is 41.2 Å². The number of piperidine rings is 1. The fourth-order valence-electron chi connectivity index (χ4n) is 3.04. The Bertz CT molecular complexity index is 860. The van der Waals surface area contributed by atoms with Crippen molar-refractivity contribution in [3.8, 4) is 5.69 Å². The first-order chi connectivity index (χ1) is 12.0. The van der Waals surface area contributed by atoms with Gasteiger partial charge in [-0.3, -0.25) is 14.4 Å². The maximum absolute atomic E-state index is 12.7. The molecule has 0 bridgehead atoms. The summed E-state index contributed by atoms with van der Waals surface area (Å²) in [7, 11) is 0. The average Bonchev–Trinajstić information content (AvgIpc) is 2.62. The van der Waals surface area contributed by atoms with Gasteiger partial charge in [0.2, 0.25) is 5.43 Å². The lowest BCUT2D eigenvalue weighted by atomic mass is 9.98. The van der Waals surface area contributed by atoms with Crippen LogP contribution in [0.4, 0.5) is 0 Å². The van der Waals surface area contributed by atoms with Gasteiger partial charge in [-0.15, -0.1) is 0 Å². The van der Waals surface area contributed by atoms with Gasteiger partial charge in [0.25, 0.3) is 5.91 Å². The first kappa shape index (κ1) is 16.9.